The van der Waals surface area contributed by atoms with E-state index in [2.05, 4.69) is 12.2 Å². The molecule has 18 heavy (non-hydrogen) atoms. The van der Waals surface area contributed by atoms with Gasteiger partial charge in [0.05, 0.1) is 12.8 Å². The van der Waals surface area contributed by atoms with Crippen LogP contribution in [0.25, 0.3) is 0 Å². The molecule has 0 spiro atoms. The lowest BCUT2D eigenvalue weighted by Crippen LogP contribution is -2.12. The largest absolute Gasteiger partial charge is 0.495 e. The van der Waals surface area contributed by atoms with Crippen molar-refractivity contribution in [3.63, 3.8) is 0 Å². The number of anilines is 1. The maximum atomic E-state index is 11.8. The molecule has 1 N–H and O–H groups in total. The minimum atomic E-state index is 0.0171. The van der Waals surface area contributed by atoms with Gasteiger partial charge < -0.3 is 10.1 Å². The Bertz CT molecular complexity index is 419. The summed E-state index contributed by atoms with van der Waals surface area (Å²) in [7, 11) is 1.56. The Morgan fingerprint density at radius 1 is 1.39 bits per heavy atom. The highest BCUT2D eigenvalue weighted by Gasteiger charge is 2.09. The fourth-order valence-electron chi connectivity index (χ4n) is 1.68. The van der Waals surface area contributed by atoms with Crippen molar-refractivity contribution in [1.29, 1.82) is 0 Å². The number of rotatable bonds is 6. The smallest absolute Gasteiger partial charge is 0.224 e. The van der Waals surface area contributed by atoms with Gasteiger partial charge in [-0.25, -0.2) is 0 Å². The molecule has 0 bridgehead atoms. The molecule has 1 rings (SSSR count). The van der Waals surface area contributed by atoms with Crippen LogP contribution >= 0.6 is 11.6 Å². The molecule has 4 heteroatoms. The number of benzene rings is 1. The van der Waals surface area contributed by atoms with E-state index < -0.39 is 0 Å². The molecule has 1 amide bonds. The number of carbonyl (C=O) groups is 1. The van der Waals surface area contributed by atoms with Crippen LogP contribution < -0.4 is 10.1 Å². The molecular weight excluding hydrogens is 250 g/mol. The Kier molecular flexibility index (Phi) is 5.99. The molecule has 100 valence electrons. The first-order valence-corrected chi connectivity index (χ1v) is 6.60. The quantitative estimate of drug-likeness (QED) is 0.787. The first-order chi connectivity index (χ1) is 8.58. The summed E-state index contributed by atoms with van der Waals surface area (Å²) in [5.41, 5.74) is 1.60. The highest BCUT2D eigenvalue weighted by atomic mass is 35.5. The number of hydrogen-bond donors (Lipinski definition) is 1. The number of methoxy groups -OCH3 is 1. The number of ether oxygens (including phenoxy) is 1. The lowest BCUT2D eigenvalue weighted by atomic mass is 10.1. The van der Waals surface area contributed by atoms with E-state index in [9.17, 15) is 4.79 Å². The number of carbonyl (C=O) groups excluding carboxylic acids is 1. The van der Waals surface area contributed by atoms with Crippen molar-refractivity contribution in [1.82, 2.24) is 0 Å². The van der Waals surface area contributed by atoms with E-state index in [1.54, 1.807) is 13.2 Å². The van der Waals surface area contributed by atoms with Gasteiger partial charge in [-0.2, -0.15) is 0 Å². The summed E-state index contributed by atoms with van der Waals surface area (Å²) in [6.45, 7) is 4.01. The zero-order chi connectivity index (χ0) is 13.5. The third-order valence-electron chi connectivity index (χ3n) is 2.76. The topological polar surface area (TPSA) is 38.3 Å². The van der Waals surface area contributed by atoms with Gasteiger partial charge in [-0.3, -0.25) is 4.79 Å². The van der Waals surface area contributed by atoms with Crippen LogP contribution in [0.2, 0.25) is 5.02 Å². The molecule has 0 fully saturated rings. The predicted molar refractivity (Wildman–Crippen MR) is 75.5 cm³/mol. The van der Waals surface area contributed by atoms with E-state index in [1.165, 1.54) is 0 Å². The van der Waals surface area contributed by atoms with Gasteiger partial charge in [0.2, 0.25) is 5.91 Å². The van der Waals surface area contributed by atoms with Crippen molar-refractivity contribution in [2.75, 3.05) is 12.4 Å². The first-order valence-electron chi connectivity index (χ1n) is 6.22. The zero-order valence-electron chi connectivity index (χ0n) is 11.2. The normalized spacial score (nSPS) is 10.2. The molecule has 0 unspecified atom stereocenters. The van der Waals surface area contributed by atoms with Crippen LogP contribution in [0.5, 0.6) is 5.75 Å². The average molecular weight is 270 g/mol. The summed E-state index contributed by atoms with van der Waals surface area (Å²) in [6, 6.07) is 3.55. The molecule has 1 aromatic carbocycles. The fourth-order valence-corrected chi connectivity index (χ4v) is 1.83. The highest BCUT2D eigenvalue weighted by Crippen LogP contribution is 2.31. The molecule has 0 atom stereocenters. The number of unbranched alkanes of at least 4 members (excludes halogenated alkanes) is 2. The van der Waals surface area contributed by atoms with E-state index in [1.807, 2.05) is 13.0 Å². The van der Waals surface area contributed by atoms with Crippen molar-refractivity contribution < 1.29 is 9.53 Å². The van der Waals surface area contributed by atoms with Crippen LogP contribution in [0.1, 0.15) is 38.2 Å². The zero-order valence-corrected chi connectivity index (χ0v) is 11.9. The molecule has 0 saturated heterocycles. The third kappa shape index (κ3) is 4.22. The van der Waals surface area contributed by atoms with Gasteiger partial charge in [-0.15, -0.1) is 0 Å². The van der Waals surface area contributed by atoms with E-state index in [-0.39, 0.29) is 5.91 Å². The average Bonchev–Trinajstić information content (AvgIpc) is 2.34. The predicted octanol–water partition coefficient (Wildman–Crippen LogP) is 4.18. The summed E-state index contributed by atoms with van der Waals surface area (Å²) >= 11 is 6.01. The second-order valence-electron chi connectivity index (χ2n) is 4.31. The molecule has 0 saturated carbocycles. The van der Waals surface area contributed by atoms with E-state index >= 15 is 0 Å². The van der Waals surface area contributed by atoms with Gasteiger partial charge in [0.25, 0.3) is 0 Å². The van der Waals surface area contributed by atoms with Crippen LogP contribution in [0.3, 0.4) is 0 Å². The molecule has 1 aromatic rings. The second-order valence-corrected chi connectivity index (χ2v) is 4.71. The first kappa shape index (κ1) is 14.8. The minimum Gasteiger partial charge on any atom is -0.495 e. The summed E-state index contributed by atoms with van der Waals surface area (Å²) in [5, 5.41) is 3.50. The number of aryl methyl sites for hydroxylation is 1. The lowest BCUT2D eigenvalue weighted by molar-refractivity contribution is -0.116. The minimum absolute atomic E-state index is 0.0171. The number of halogens is 1. The van der Waals surface area contributed by atoms with Crippen molar-refractivity contribution in [2.45, 2.75) is 39.5 Å². The monoisotopic (exact) mass is 269 g/mol. The summed E-state index contributed by atoms with van der Waals surface area (Å²) < 4.78 is 5.21. The summed E-state index contributed by atoms with van der Waals surface area (Å²) in [4.78, 5) is 11.8. The number of hydrogen-bond acceptors (Lipinski definition) is 2. The highest BCUT2D eigenvalue weighted by molar-refractivity contribution is 6.31. The van der Waals surface area contributed by atoms with Gasteiger partial charge in [-0.05, 0) is 25.0 Å². The van der Waals surface area contributed by atoms with Crippen LogP contribution in [-0.2, 0) is 4.79 Å². The lowest BCUT2D eigenvalue weighted by Gasteiger charge is -2.12. The summed E-state index contributed by atoms with van der Waals surface area (Å²) in [6.07, 6.45) is 3.64. The Balaban J connectivity index is 2.71. The second kappa shape index (κ2) is 7.27. The van der Waals surface area contributed by atoms with Crippen LogP contribution in [0.15, 0.2) is 12.1 Å². The Morgan fingerprint density at radius 2 is 2.11 bits per heavy atom. The van der Waals surface area contributed by atoms with E-state index in [0.717, 1.165) is 24.8 Å². The molecule has 0 aliphatic carbocycles. The van der Waals surface area contributed by atoms with Crippen molar-refractivity contribution >= 4 is 23.2 Å². The standard InChI is InChI=1S/C14H20ClNO2/c1-4-5-6-7-14(17)16-12-8-10(2)11(15)9-13(12)18-3/h8-9H,4-7H2,1-3H3,(H,16,17). The van der Waals surface area contributed by atoms with Gasteiger partial charge in [0.15, 0.2) is 0 Å². The Labute approximate surface area is 113 Å². The fraction of sp³-hybridized carbons (Fsp3) is 0.500. The molecule has 0 heterocycles. The molecule has 0 aliphatic rings. The van der Waals surface area contributed by atoms with E-state index in [0.29, 0.717) is 22.9 Å². The Hall–Kier alpha value is -1.22. The molecule has 0 aliphatic heterocycles. The van der Waals surface area contributed by atoms with Crippen molar-refractivity contribution in [3.05, 3.63) is 22.7 Å². The van der Waals surface area contributed by atoms with Crippen LogP contribution in [0, 0.1) is 6.92 Å². The SMILES string of the molecule is CCCCCC(=O)Nc1cc(C)c(Cl)cc1OC. The van der Waals surface area contributed by atoms with Crippen molar-refractivity contribution in [3.8, 4) is 5.75 Å². The van der Waals surface area contributed by atoms with Crippen molar-refractivity contribution in [2.24, 2.45) is 0 Å². The Morgan fingerprint density at radius 3 is 2.72 bits per heavy atom. The van der Waals surface area contributed by atoms with Crippen LogP contribution in [-0.4, -0.2) is 13.0 Å². The molecule has 3 nitrogen and oxygen atoms in total. The number of nitrogens with one attached hydrogen (secondary N) is 1. The van der Waals surface area contributed by atoms with Gasteiger partial charge in [-0.1, -0.05) is 31.4 Å². The van der Waals surface area contributed by atoms with Crippen LogP contribution in [0.4, 0.5) is 5.69 Å². The molecule has 0 radical (unpaired) electrons. The molecule has 0 aromatic heterocycles. The summed E-state index contributed by atoms with van der Waals surface area (Å²) in [5.74, 6) is 0.609. The van der Waals surface area contributed by atoms with Gasteiger partial charge in [0.1, 0.15) is 5.75 Å². The third-order valence-corrected chi connectivity index (χ3v) is 3.17. The van der Waals surface area contributed by atoms with E-state index in [4.69, 9.17) is 16.3 Å². The van der Waals surface area contributed by atoms with Gasteiger partial charge >= 0.3 is 0 Å². The number of amides is 1. The maximum Gasteiger partial charge on any atom is 0.224 e. The molecular formula is C14H20ClNO2. The van der Waals surface area contributed by atoms with Gasteiger partial charge in [0, 0.05) is 17.5 Å². The maximum absolute atomic E-state index is 11.8.